The van der Waals surface area contributed by atoms with Gasteiger partial charge in [-0.05, 0) is 73.4 Å². The highest BCUT2D eigenvalue weighted by molar-refractivity contribution is 6.74. The van der Waals surface area contributed by atoms with E-state index >= 15 is 4.79 Å². The molecule has 12 heteroatoms. The molecule has 0 amide bonds. The molecule has 5 rings (SSSR count). The Balaban J connectivity index is 1.86. The maximum absolute atomic E-state index is 15.6. The zero-order valence-electron chi connectivity index (χ0n) is 33.9. The van der Waals surface area contributed by atoms with Crippen molar-refractivity contribution in [3.63, 3.8) is 0 Å². The summed E-state index contributed by atoms with van der Waals surface area (Å²) in [5.74, 6) is -2.93. The van der Waals surface area contributed by atoms with Gasteiger partial charge in [-0.1, -0.05) is 73.6 Å². The number of rotatable bonds is 13. The summed E-state index contributed by atoms with van der Waals surface area (Å²) in [6, 6.07) is 13.5. The first-order valence-corrected chi connectivity index (χ1v) is 25.0. The molecule has 1 aromatic carbocycles. The van der Waals surface area contributed by atoms with Crippen LogP contribution in [0.3, 0.4) is 0 Å². The summed E-state index contributed by atoms with van der Waals surface area (Å²) in [6.45, 7) is 21.2. The summed E-state index contributed by atoms with van der Waals surface area (Å²) in [4.78, 5) is 43.1. The van der Waals surface area contributed by atoms with E-state index in [0.29, 0.717) is 5.57 Å². The first-order chi connectivity index (χ1) is 24.9. The van der Waals surface area contributed by atoms with Gasteiger partial charge in [0.2, 0.25) is 0 Å². The van der Waals surface area contributed by atoms with E-state index in [-0.39, 0.29) is 25.0 Å². The smallest absolute Gasteiger partial charge is 0.338 e. The Morgan fingerprint density at radius 1 is 0.906 bits per heavy atom. The standard InChI is InChI=1S/C41H64O10Si2/c1-12-52(13-2,14-3)50-29-24-41(46)36(48-37(45)28-21-19-18-20-22-28)34-39(11,35(44)33(43)32(26(29)7)38(41,9)10)30(51-53(15-4,16-5)17-6)23-31-40(34,25-47-31)49-27(8)42/h18-22,29-31,33-34,36,43,46H,12-17,23-25H2,1-11H3/t29-,30-,31+,33+,34-,36-,39+,40-,41+/m0/s1. The van der Waals surface area contributed by atoms with E-state index in [4.69, 9.17) is 23.1 Å². The zero-order valence-corrected chi connectivity index (χ0v) is 35.9. The van der Waals surface area contributed by atoms with Crippen LogP contribution in [-0.2, 0) is 32.7 Å². The minimum atomic E-state index is -2.43. The van der Waals surface area contributed by atoms with Crippen LogP contribution in [0, 0.1) is 16.7 Å². The van der Waals surface area contributed by atoms with E-state index in [9.17, 15) is 19.8 Å². The van der Waals surface area contributed by atoms with Crippen LogP contribution in [-0.4, -0.2) is 92.9 Å². The van der Waals surface area contributed by atoms with Crippen molar-refractivity contribution in [3.8, 4) is 0 Å². The molecule has 2 saturated carbocycles. The van der Waals surface area contributed by atoms with Gasteiger partial charge in [0.25, 0.3) is 0 Å². The highest BCUT2D eigenvalue weighted by Gasteiger charge is 2.78. The van der Waals surface area contributed by atoms with E-state index in [1.807, 2.05) is 20.8 Å². The van der Waals surface area contributed by atoms with Crippen LogP contribution < -0.4 is 0 Å². The average Bonchev–Trinajstić information content (AvgIpc) is 3.13. The number of aliphatic hydroxyl groups excluding tert-OH is 1. The van der Waals surface area contributed by atoms with Crippen molar-refractivity contribution >= 4 is 34.4 Å². The second kappa shape index (κ2) is 15.0. The molecule has 0 radical (unpaired) electrons. The molecule has 1 saturated heterocycles. The number of carbonyl (C=O) groups excluding carboxylic acids is 3. The minimum Gasteiger partial charge on any atom is -0.455 e. The molecule has 0 spiro atoms. The summed E-state index contributed by atoms with van der Waals surface area (Å²) in [7, 11) is -4.76. The first kappa shape index (κ1) is 42.0. The van der Waals surface area contributed by atoms with Crippen LogP contribution in [0.2, 0.25) is 36.3 Å². The molecule has 0 aromatic heterocycles. The lowest BCUT2D eigenvalue weighted by molar-refractivity contribution is -0.344. The quantitative estimate of drug-likeness (QED) is 0.121. The first-order valence-electron chi connectivity index (χ1n) is 19.9. The summed E-state index contributed by atoms with van der Waals surface area (Å²) in [5, 5.41) is 26.4. The van der Waals surface area contributed by atoms with Gasteiger partial charge < -0.3 is 33.3 Å². The lowest BCUT2D eigenvalue weighted by atomic mass is 9.44. The number of aliphatic hydroxyl groups is 2. The van der Waals surface area contributed by atoms with Gasteiger partial charge in [-0.15, -0.1) is 0 Å². The maximum Gasteiger partial charge on any atom is 0.338 e. The lowest BCUT2D eigenvalue weighted by Crippen LogP contribution is -2.82. The number of hydrogen-bond donors (Lipinski definition) is 2. The zero-order chi connectivity index (χ0) is 39.4. The molecule has 0 unspecified atom stereocenters. The Kier molecular flexibility index (Phi) is 11.9. The molecule has 9 atom stereocenters. The lowest BCUT2D eigenvalue weighted by Gasteiger charge is -2.68. The Morgan fingerprint density at radius 2 is 1.45 bits per heavy atom. The largest absolute Gasteiger partial charge is 0.455 e. The number of Topliss-reactive ketones (excluding diaryl/α,β-unsaturated/α-hetero) is 1. The minimum absolute atomic E-state index is 0.0368. The third-order valence-corrected chi connectivity index (χ3v) is 23.8. The third-order valence-electron chi connectivity index (χ3n) is 14.5. The molecule has 3 aliphatic carbocycles. The van der Waals surface area contributed by atoms with Crippen molar-refractivity contribution in [1.29, 1.82) is 0 Å². The molecule has 2 bridgehead atoms. The second-order valence-corrected chi connectivity index (χ2v) is 26.3. The topological polar surface area (TPSA) is 138 Å². The Labute approximate surface area is 318 Å². The molecule has 1 heterocycles. The SMILES string of the molecule is CC[Si](CC)(CC)O[C@H]1C[C@@]2(O)[C@@H](OC(=O)c3ccccc3)[C@@H]3[C@]4(OC(C)=O)CO[C@@H]4C[C@H](O[Si](CC)(CC)CC)[C@@]3(C)C(=O)[C@H](O)C(=C1C)C2(C)C. The number of ketones is 1. The van der Waals surface area contributed by atoms with Crippen molar-refractivity contribution < 1.29 is 47.7 Å². The van der Waals surface area contributed by atoms with Gasteiger partial charge in [0.05, 0.1) is 35.7 Å². The normalized spacial score (nSPS) is 35.3. The van der Waals surface area contributed by atoms with Crippen LogP contribution >= 0.6 is 0 Å². The number of hydrogen-bond acceptors (Lipinski definition) is 10. The van der Waals surface area contributed by atoms with Crippen LogP contribution in [0.15, 0.2) is 41.5 Å². The molecular weight excluding hydrogens is 709 g/mol. The van der Waals surface area contributed by atoms with Crippen LogP contribution in [0.25, 0.3) is 0 Å². The Hall–Kier alpha value is -2.20. The molecule has 53 heavy (non-hydrogen) atoms. The van der Waals surface area contributed by atoms with Crippen molar-refractivity contribution in [2.75, 3.05) is 6.61 Å². The summed E-state index contributed by atoms with van der Waals surface area (Å²) >= 11 is 0. The molecular formula is C41H64O10Si2. The fourth-order valence-electron chi connectivity index (χ4n) is 10.5. The second-order valence-electron chi connectivity index (χ2n) is 16.9. The van der Waals surface area contributed by atoms with E-state index in [0.717, 1.165) is 41.8 Å². The van der Waals surface area contributed by atoms with Gasteiger partial charge in [0, 0.05) is 25.2 Å². The molecule has 2 N–H and O–H groups in total. The molecule has 1 aliphatic heterocycles. The number of fused-ring (bicyclic) bond motifs is 5. The maximum atomic E-state index is 15.6. The third kappa shape index (κ3) is 6.45. The van der Waals surface area contributed by atoms with Crippen molar-refractivity contribution in [3.05, 3.63) is 47.0 Å². The Morgan fingerprint density at radius 3 is 1.94 bits per heavy atom. The van der Waals surface area contributed by atoms with Crippen molar-refractivity contribution in [1.82, 2.24) is 0 Å². The molecule has 10 nitrogen and oxygen atoms in total. The number of esters is 2. The fraction of sp³-hybridized carbons (Fsp3) is 0.732. The summed E-state index contributed by atoms with van der Waals surface area (Å²) in [5.41, 5.74) is -4.90. The van der Waals surface area contributed by atoms with Gasteiger partial charge in [-0.2, -0.15) is 0 Å². The van der Waals surface area contributed by atoms with Crippen LogP contribution in [0.5, 0.6) is 0 Å². The van der Waals surface area contributed by atoms with Crippen LogP contribution in [0.4, 0.5) is 0 Å². The van der Waals surface area contributed by atoms with Gasteiger partial charge >= 0.3 is 11.9 Å². The molecule has 3 fully saturated rings. The van der Waals surface area contributed by atoms with E-state index in [1.54, 1.807) is 37.3 Å². The van der Waals surface area contributed by atoms with Crippen molar-refractivity contribution in [2.24, 2.45) is 16.7 Å². The predicted molar refractivity (Wildman–Crippen MR) is 207 cm³/mol. The van der Waals surface area contributed by atoms with Gasteiger partial charge in [-0.3, -0.25) is 9.59 Å². The van der Waals surface area contributed by atoms with Crippen molar-refractivity contribution in [2.45, 2.75) is 167 Å². The van der Waals surface area contributed by atoms with E-state index in [1.165, 1.54) is 6.92 Å². The predicted octanol–water partition coefficient (Wildman–Crippen LogP) is 7.14. The van der Waals surface area contributed by atoms with Gasteiger partial charge in [0.1, 0.15) is 23.9 Å². The number of benzene rings is 1. The van der Waals surface area contributed by atoms with Gasteiger partial charge in [0.15, 0.2) is 28.0 Å². The van der Waals surface area contributed by atoms with Gasteiger partial charge in [-0.25, -0.2) is 4.79 Å². The highest BCUT2D eigenvalue weighted by Crippen LogP contribution is 2.65. The monoisotopic (exact) mass is 772 g/mol. The number of ether oxygens (including phenoxy) is 3. The fourth-order valence-corrected chi connectivity index (χ4v) is 16.3. The summed E-state index contributed by atoms with van der Waals surface area (Å²) < 4.78 is 33.6. The summed E-state index contributed by atoms with van der Waals surface area (Å²) in [6.07, 6.45) is -4.93. The van der Waals surface area contributed by atoms with E-state index in [2.05, 4.69) is 41.5 Å². The molecule has 296 valence electrons. The number of carbonyl (C=O) groups is 3. The average molecular weight is 773 g/mol. The van der Waals surface area contributed by atoms with E-state index < -0.39 is 92.8 Å². The van der Waals surface area contributed by atoms with Crippen LogP contribution in [0.1, 0.15) is 99.4 Å². The molecule has 1 aromatic rings. The highest BCUT2D eigenvalue weighted by atomic mass is 28.4. The molecule has 4 aliphatic rings. The Bertz CT molecular complexity index is 1550.